The van der Waals surface area contributed by atoms with Gasteiger partial charge in [0.25, 0.3) is 0 Å². The molecule has 0 radical (unpaired) electrons. The number of hydrogen-bond acceptors (Lipinski definition) is 11. The van der Waals surface area contributed by atoms with E-state index in [4.69, 9.17) is 9.84 Å². The Balaban J connectivity index is 1.85. The van der Waals surface area contributed by atoms with Crippen LogP contribution in [0.4, 0.5) is 0 Å². The fourth-order valence-corrected chi connectivity index (χ4v) is 3.57. The quantitative estimate of drug-likeness (QED) is 0.280. The molecular weight excluding hydrogens is 404 g/mol. The Morgan fingerprint density at radius 1 is 1.03 bits per heavy atom. The number of rotatable bonds is 8. The molecule has 0 spiro atoms. The minimum absolute atomic E-state index is 0.143. The number of hydrogen-bond donors (Lipinski definition) is 6. The molecule has 1 aromatic carbocycles. The molecule has 0 saturated carbocycles. The maximum absolute atomic E-state index is 10.4. The topological polar surface area (TPSA) is 174 Å². The van der Waals surface area contributed by atoms with Crippen molar-refractivity contribution in [2.75, 3.05) is 19.5 Å². The van der Waals surface area contributed by atoms with Crippen molar-refractivity contribution in [2.24, 2.45) is 5.10 Å². The molecular formula is C17H22N4O7S. The van der Waals surface area contributed by atoms with Crippen LogP contribution in [-0.4, -0.2) is 95.1 Å². The van der Waals surface area contributed by atoms with E-state index in [1.54, 1.807) is 19.2 Å². The lowest BCUT2D eigenvalue weighted by Gasteiger charge is -2.28. The van der Waals surface area contributed by atoms with Crippen molar-refractivity contribution >= 4 is 17.5 Å². The van der Waals surface area contributed by atoms with Gasteiger partial charge in [0.2, 0.25) is 5.16 Å². The Kier molecular flexibility index (Phi) is 6.85. The minimum Gasteiger partial charge on any atom is -0.497 e. The smallest absolute Gasteiger partial charge is 0.212 e. The predicted octanol–water partition coefficient (Wildman–Crippen LogP) is -1.89. The number of ether oxygens (including phenoxy) is 1. The first-order valence-corrected chi connectivity index (χ1v) is 9.67. The van der Waals surface area contributed by atoms with Gasteiger partial charge >= 0.3 is 0 Å². The molecule has 12 heteroatoms. The second-order valence-electron chi connectivity index (χ2n) is 6.38. The summed E-state index contributed by atoms with van der Waals surface area (Å²) in [4.78, 5) is 0. The minimum atomic E-state index is -1.94. The van der Waals surface area contributed by atoms with Crippen molar-refractivity contribution in [2.45, 2.75) is 35.7 Å². The molecule has 0 unspecified atom stereocenters. The van der Waals surface area contributed by atoms with Crippen LogP contribution in [0.1, 0.15) is 17.5 Å². The molecule has 0 bridgehead atoms. The standard InChI is InChI=1S/C17H22N4O7S/c1-28-9-4-2-8(3-5-9)10-7-29-17-19-18-16(21(17)20-10)15(27)14(26)13(25)12(24)11(23)6-22/h2-5,11-15,22-27H,6-7H2,1H3/t11-,12-,13+,14-,15+/m1/s1. The van der Waals surface area contributed by atoms with Gasteiger partial charge in [0.1, 0.15) is 36.3 Å². The van der Waals surface area contributed by atoms with E-state index in [-0.39, 0.29) is 5.82 Å². The van der Waals surface area contributed by atoms with Gasteiger partial charge in [-0.15, -0.1) is 10.2 Å². The molecule has 6 N–H and O–H groups in total. The Labute approximate surface area is 169 Å². The molecule has 0 amide bonds. The Hall–Kier alpha value is -2.06. The first kappa shape index (κ1) is 21.6. The van der Waals surface area contributed by atoms with E-state index in [1.807, 2.05) is 12.1 Å². The highest BCUT2D eigenvalue weighted by atomic mass is 32.2. The van der Waals surface area contributed by atoms with Gasteiger partial charge in [0.05, 0.1) is 19.4 Å². The number of methoxy groups -OCH3 is 1. The number of aliphatic hydroxyl groups is 6. The average molecular weight is 426 g/mol. The van der Waals surface area contributed by atoms with Crippen LogP contribution >= 0.6 is 11.8 Å². The molecule has 1 aliphatic rings. The van der Waals surface area contributed by atoms with Gasteiger partial charge in [-0.25, -0.2) is 0 Å². The molecule has 11 nitrogen and oxygen atoms in total. The largest absolute Gasteiger partial charge is 0.497 e. The van der Waals surface area contributed by atoms with Crippen molar-refractivity contribution in [3.63, 3.8) is 0 Å². The van der Waals surface area contributed by atoms with E-state index in [0.29, 0.717) is 22.4 Å². The summed E-state index contributed by atoms with van der Waals surface area (Å²) in [6.07, 6.45) is -9.17. The number of nitrogens with zero attached hydrogens (tertiary/aromatic N) is 4. The summed E-state index contributed by atoms with van der Waals surface area (Å²) >= 11 is 1.32. The summed E-state index contributed by atoms with van der Waals surface area (Å²) in [5.41, 5.74) is 1.49. The molecule has 29 heavy (non-hydrogen) atoms. The monoisotopic (exact) mass is 426 g/mol. The van der Waals surface area contributed by atoms with Crippen LogP contribution in [0.3, 0.4) is 0 Å². The zero-order chi connectivity index (χ0) is 21.1. The van der Waals surface area contributed by atoms with E-state index >= 15 is 0 Å². The van der Waals surface area contributed by atoms with E-state index < -0.39 is 37.1 Å². The Morgan fingerprint density at radius 2 is 1.72 bits per heavy atom. The van der Waals surface area contributed by atoms with E-state index in [1.165, 1.54) is 16.4 Å². The fourth-order valence-electron chi connectivity index (χ4n) is 2.73. The van der Waals surface area contributed by atoms with Gasteiger partial charge in [-0.1, -0.05) is 11.8 Å². The van der Waals surface area contributed by atoms with Crippen LogP contribution in [-0.2, 0) is 0 Å². The van der Waals surface area contributed by atoms with Gasteiger partial charge in [-0.05, 0) is 29.8 Å². The Morgan fingerprint density at radius 3 is 2.34 bits per heavy atom. The molecule has 1 aromatic heterocycles. The molecule has 2 aromatic rings. The molecule has 2 heterocycles. The SMILES string of the molecule is COc1ccc(C2=Nn3c(nnc3[C@@H](O)[C@H](O)[C@@H](O)[C@H](O)[C@H](O)CO)SC2)cc1. The molecule has 1 aliphatic heterocycles. The van der Waals surface area contributed by atoms with E-state index in [0.717, 1.165) is 5.56 Å². The van der Waals surface area contributed by atoms with Gasteiger partial charge in [-0.2, -0.15) is 9.78 Å². The summed E-state index contributed by atoms with van der Waals surface area (Å²) in [6, 6.07) is 7.23. The van der Waals surface area contributed by atoms with Crippen LogP contribution in [0.15, 0.2) is 34.5 Å². The second-order valence-corrected chi connectivity index (χ2v) is 7.33. The second kappa shape index (κ2) is 9.17. The van der Waals surface area contributed by atoms with Crippen molar-refractivity contribution in [3.8, 4) is 5.75 Å². The molecule has 3 rings (SSSR count). The van der Waals surface area contributed by atoms with Crippen LogP contribution in [0, 0.1) is 0 Å². The molecule has 0 fully saturated rings. The summed E-state index contributed by atoms with van der Waals surface area (Å²) in [7, 11) is 1.57. The zero-order valence-corrected chi connectivity index (χ0v) is 16.2. The number of aromatic nitrogens is 3. The van der Waals surface area contributed by atoms with Crippen molar-refractivity contribution in [1.29, 1.82) is 0 Å². The molecule has 158 valence electrons. The molecule has 5 atom stereocenters. The van der Waals surface area contributed by atoms with Gasteiger partial charge in [-0.3, -0.25) is 0 Å². The predicted molar refractivity (Wildman–Crippen MR) is 102 cm³/mol. The third kappa shape index (κ3) is 4.43. The summed E-state index contributed by atoms with van der Waals surface area (Å²) in [5.74, 6) is 1.06. The number of aliphatic hydroxyl groups excluding tert-OH is 6. The first-order valence-electron chi connectivity index (χ1n) is 8.69. The zero-order valence-electron chi connectivity index (χ0n) is 15.4. The maximum Gasteiger partial charge on any atom is 0.212 e. The van der Waals surface area contributed by atoms with Gasteiger partial charge < -0.3 is 35.4 Å². The highest BCUT2D eigenvalue weighted by molar-refractivity contribution is 7.99. The van der Waals surface area contributed by atoms with Crippen molar-refractivity contribution in [1.82, 2.24) is 14.9 Å². The molecule has 0 saturated heterocycles. The van der Waals surface area contributed by atoms with Gasteiger partial charge in [0.15, 0.2) is 5.82 Å². The van der Waals surface area contributed by atoms with Crippen LogP contribution in [0.2, 0.25) is 0 Å². The molecule has 0 aliphatic carbocycles. The average Bonchev–Trinajstić information content (AvgIpc) is 3.19. The highest BCUT2D eigenvalue weighted by Gasteiger charge is 2.37. The maximum atomic E-state index is 10.4. The van der Waals surface area contributed by atoms with Crippen molar-refractivity contribution < 1.29 is 35.4 Å². The summed E-state index contributed by atoms with van der Waals surface area (Å²) in [5, 5.41) is 71.3. The summed E-state index contributed by atoms with van der Waals surface area (Å²) < 4.78 is 6.39. The van der Waals surface area contributed by atoms with Crippen LogP contribution in [0.5, 0.6) is 5.75 Å². The third-order valence-corrected chi connectivity index (χ3v) is 5.42. The first-order chi connectivity index (χ1) is 13.9. The number of thioether (sulfide) groups is 1. The van der Waals surface area contributed by atoms with Gasteiger partial charge in [0, 0.05) is 5.75 Å². The van der Waals surface area contributed by atoms with Crippen molar-refractivity contribution in [3.05, 3.63) is 35.7 Å². The van der Waals surface area contributed by atoms with Crippen LogP contribution in [0.25, 0.3) is 0 Å². The normalized spacial score (nSPS) is 18.9. The number of benzene rings is 1. The highest BCUT2D eigenvalue weighted by Crippen LogP contribution is 2.28. The lowest BCUT2D eigenvalue weighted by atomic mass is 9.99. The van der Waals surface area contributed by atoms with Crippen LogP contribution < -0.4 is 4.74 Å². The Bertz CT molecular complexity index is 860. The number of fused-ring (bicyclic) bond motifs is 1. The lowest BCUT2D eigenvalue weighted by molar-refractivity contribution is -0.142. The third-order valence-electron chi connectivity index (χ3n) is 4.49. The lowest BCUT2D eigenvalue weighted by Crippen LogP contribution is -2.48. The van der Waals surface area contributed by atoms with E-state index in [9.17, 15) is 25.5 Å². The summed E-state index contributed by atoms with van der Waals surface area (Å²) in [6.45, 7) is -0.826. The van der Waals surface area contributed by atoms with E-state index in [2.05, 4.69) is 15.3 Å². The fraction of sp³-hybridized carbons (Fsp3) is 0.471.